The van der Waals surface area contributed by atoms with Crippen LogP contribution in [0.5, 0.6) is 0 Å². The molecule has 1 aromatic heterocycles. The van der Waals surface area contributed by atoms with Gasteiger partial charge in [0.25, 0.3) is 11.8 Å². The van der Waals surface area contributed by atoms with E-state index in [9.17, 15) is 42.0 Å². The number of methoxy groups -OCH3 is 1. The first-order valence-corrected chi connectivity index (χ1v) is 19.6. The van der Waals surface area contributed by atoms with Gasteiger partial charge in [-0.3, -0.25) is 19.2 Å². The van der Waals surface area contributed by atoms with Gasteiger partial charge in [-0.15, -0.1) is 21.5 Å². The first-order valence-electron chi connectivity index (χ1n) is 18.1. The Labute approximate surface area is 374 Å². The molecule has 0 spiro atoms. The number of amides is 2. The quantitative estimate of drug-likeness (QED) is 0.111. The molecule has 7 rings (SSSR count). The monoisotopic (exact) mass is 923 g/mol. The van der Waals surface area contributed by atoms with Gasteiger partial charge in [-0.05, 0) is 93.1 Å². The number of rotatable bonds is 9. The van der Waals surface area contributed by atoms with Crippen LogP contribution in [0.2, 0.25) is 0 Å². The summed E-state index contributed by atoms with van der Waals surface area (Å²) in [4.78, 5) is 88.7. The molecule has 6 heterocycles. The normalized spacial score (nSPS) is 20.9. The first-order chi connectivity index (χ1) is 26.9. The number of carbonyl (C=O) groups is 5. The van der Waals surface area contributed by atoms with Gasteiger partial charge in [0.05, 0.1) is 60.6 Å². The molecule has 19 heteroatoms. The Bertz CT molecular complexity index is 2730. The van der Waals surface area contributed by atoms with Crippen LogP contribution in [0.1, 0.15) is 71.4 Å². The van der Waals surface area contributed by atoms with Crippen molar-refractivity contribution >= 4 is 68.4 Å². The molecule has 8 bridgehead atoms. The SMILES string of the molecule is CCC1=C(C)C2=NC1=CC1=C(C)C3=C([O-])[C@H](CC(=O)OC)C(=c4[n-]c(c(C)c4CCC(=O)ON4C(=O)CC(S(=O)(=O)[O-])C4=O)=CC4=NC(=C2)C(C(C)=O)=C4C)C3=N1.[Na+].[Pd+2]. The standard InChI is InChI=1S/C40H39N5O11S.Na.Pd/c1-8-21-16(2)24-14-29-34(20(6)46)18(4)26(42-29)12-25-17(3)22(9-10-32(48)56-45-31(47)15-30(40(45)51)57(52,53)54)37(43-25)36-23(11-33(49)55-7)39(50)35-19(5)27(44-38(35)36)13-28(21)41-24;;/h12-14,23,30H,8-11,15H2,1-7H3,(H3,41,42,43,44,46,50,52,53,54);;/q;+1;+2/p-3/t23-,30?;;/m1../s1. The number of hydrogen-bond acceptors (Lipinski definition) is 14. The second-order valence-corrected chi connectivity index (χ2v) is 15.8. The van der Waals surface area contributed by atoms with Crippen LogP contribution in [0.25, 0.3) is 11.6 Å². The molecule has 0 aromatic carbocycles. The Morgan fingerprint density at radius 3 is 2.24 bits per heavy atom. The second kappa shape index (κ2) is 16.9. The van der Waals surface area contributed by atoms with Crippen molar-refractivity contribution in [3.05, 3.63) is 90.3 Å². The molecule has 0 saturated carbocycles. The van der Waals surface area contributed by atoms with Crippen LogP contribution in [-0.2, 0) is 70.5 Å². The molecule has 1 unspecified atom stereocenters. The predicted molar refractivity (Wildman–Crippen MR) is 201 cm³/mol. The smallest absolute Gasteiger partial charge is 0.875 e. The molecule has 2 atom stereocenters. The third-order valence-electron chi connectivity index (χ3n) is 11.0. The molecule has 304 valence electrons. The fourth-order valence-electron chi connectivity index (χ4n) is 7.95. The second-order valence-electron chi connectivity index (χ2n) is 14.3. The van der Waals surface area contributed by atoms with Crippen LogP contribution < -0.4 is 50.3 Å². The van der Waals surface area contributed by atoms with E-state index in [2.05, 4.69) is 0 Å². The average molecular weight is 924 g/mol. The predicted octanol–water partition coefficient (Wildman–Crippen LogP) is -2.19. The fraction of sp³-hybridized carbons (Fsp3) is 0.350. The van der Waals surface area contributed by atoms with Crippen LogP contribution in [0.3, 0.4) is 0 Å². The average Bonchev–Trinajstić information content (AvgIpc) is 3.93. The molecular weight excluding hydrogens is 888 g/mol. The van der Waals surface area contributed by atoms with Crippen LogP contribution in [0.15, 0.2) is 83.4 Å². The van der Waals surface area contributed by atoms with Crippen molar-refractivity contribution < 1.29 is 102 Å². The zero-order valence-corrected chi connectivity index (χ0v) is 37.7. The number of aliphatic imine (C=N–C) groups is 3. The number of allylic oxidation sites excluding steroid dienone is 9. The molecule has 16 nitrogen and oxygen atoms in total. The number of aromatic nitrogens is 1. The van der Waals surface area contributed by atoms with Crippen molar-refractivity contribution in [1.82, 2.24) is 10.0 Å². The summed E-state index contributed by atoms with van der Waals surface area (Å²) in [6.07, 6.45) is 3.97. The Kier molecular flexibility index (Phi) is 13.1. The molecule has 1 saturated heterocycles. The van der Waals surface area contributed by atoms with Crippen molar-refractivity contribution in [2.45, 2.75) is 78.9 Å². The number of hydrogen-bond donors (Lipinski definition) is 0. The van der Waals surface area contributed by atoms with Gasteiger partial charge in [0.1, 0.15) is 15.4 Å². The fourth-order valence-corrected chi connectivity index (χ4v) is 8.64. The molecule has 1 aliphatic carbocycles. The van der Waals surface area contributed by atoms with E-state index in [4.69, 9.17) is 29.5 Å². The van der Waals surface area contributed by atoms with Gasteiger partial charge >= 0.3 is 61.9 Å². The van der Waals surface area contributed by atoms with Gasteiger partial charge in [-0.25, -0.2) is 28.2 Å². The zero-order chi connectivity index (χ0) is 41.4. The Balaban J connectivity index is 0.00000331. The van der Waals surface area contributed by atoms with Gasteiger partial charge < -0.3 is 24.2 Å². The van der Waals surface area contributed by atoms with E-state index in [1.54, 1.807) is 39.0 Å². The van der Waals surface area contributed by atoms with Crippen LogP contribution in [0, 0.1) is 12.8 Å². The summed E-state index contributed by atoms with van der Waals surface area (Å²) in [5.41, 5.74) is 7.87. The third-order valence-corrected chi connectivity index (χ3v) is 12.0. The molecule has 59 heavy (non-hydrogen) atoms. The van der Waals surface area contributed by atoms with Gasteiger partial charge in [0, 0.05) is 11.5 Å². The Hall–Kier alpha value is -4.41. The number of ether oxygens (including phenoxy) is 1. The van der Waals surface area contributed by atoms with Crippen molar-refractivity contribution in [1.29, 1.82) is 0 Å². The Morgan fingerprint density at radius 1 is 0.966 bits per heavy atom. The van der Waals surface area contributed by atoms with E-state index in [0.29, 0.717) is 85.0 Å². The van der Waals surface area contributed by atoms with E-state index >= 15 is 0 Å². The molecule has 2 amide bonds. The molecule has 6 aliphatic rings. The molecule has 1 aromatic rings. The van der Waals surface area contributed by atoms with Gasteiger partial charge in [0.2, 0.25) is 0 Å². The summed E-state index contributed by atoms with van der Waals surface area (Å²) in [5.74, 6) is -6.04. The number of fused-ring (bicyclic) bond motifs is 5. The van der Waals surface area contributed by atoms with E-state index in [-0.39, 0.29) is 84.8 Å². The maximum Gasteiger partial charge on any atom is 2.00 e. The molecule has 0 radical (unpaired) electrons. The van der Waals surface area contributed by atoms with Crippen molar-refractivity contribution in [2.24, 2.45) is 20.9 Å². The van der Waals surface area contributed by atoms with E-state index in [1.165, 1.54) is 14.0 Å². The number of esters is 1. The number of nitrogens with zero attached hydrogens (tertiary/aromatic N) is 5. The zero-order valence-electron chi connectivity index (χ0n) is 33.4. The van der Waals surface area contributed by atoms with Crippen molar-refractivity contribution in [2.75, 3.05) is 7.11 Å². The van der Waals surface area contributed by atoms with Crippen LogP contribution in [-0.4, -0.2) is 77.1 Å². The van der Waals surface area contributed by atoms with E-state index in [0.717, 1.165) is 11.1 Å². The maximum atomic E-state index is 14.3. The molecule has 0 N–H and O–H groups in total. The molecular formula is C40H36N5NaO11PdS. The minimum Gasteiger partial charge on any atom is -0.875 e. The number of ketones is 1. The molecule has 1 fully saturated rings. The van der Waals surface area contributed by atoms with E-state index in [1.807, 2.05) is 13.8 Å². The van der Waals surface area contributed by atoms with Gasteiger partial charge in [-0.1, -0.05) is 24.1 Å². The number of carbonyl (C=O) groups excluding carboxylic acids is 5. The first kappa shape index (κ1) is 45.7. The summed E-state index contributed by atoms with van der Waals surface area (Å²) >= 11 is 0. The summed E-state index contributed by atoms with van der Waals surface area (Å²) in [7, 11) is -3.98. The number of imide groups is 1. The summed E-state index contributed by atoms with van der Waals surface area (Å²) in [6.45, 7) is 10.7. The summed E-state index contributed by atoms with van der Waals surface area (Å²) in [5, 5.41) is 12.7. The van der Waals surface area contributed by atoms with Crippen LogP contribution in [0.4, 0.5) is 0 Å². The van der Waals surface area contributed by atoms with Gasteiger partial charge in [0.15, 0.2) is 5.78 Å². The summed E-state index contributed by atoms with van der Waals surface area (Å²) < 4.78 is 39.5. The number of hydroxylamine groups is 2. The maximum absolute atomic E-state index is 14.3. The van der Waals surface area contributed by atoms with Crippen LogP contribution >= 0.6 is 0 Å². The minimum atomic E-state index is -5.19. The number of Topliss-reactive ketones (excluding diaryl/α,β-unsaturated/α-hetero) is 1. The van der Waals surface area contributed by atoms with Crippen molar-refractivity contribution in [3.63, 3.8) is 0 Å². The van der Waals surface area contributed by atoms with Gasteiger partial charge in [-0.2, -0.15) is 0 Å². The van der Waals surface area contributed by atoms with Crippen molar-refractivity contribution in [3.8, 4) is 0 Å². The topological polar surface area (TPSA) is 238 Å². The summed E-state index contributed by atoms with van der Waals surface area (Å²) in [6, 6.07) is 0. The Morgan fingerprint density at radius 2 is 1.63 bits per heavy atom. The van der Waals surface area contributed by atoms with E-state index < -0.39 is 57.9 Å². The largest absolute Gasteiger partial charge is 2.00 e. The molecule has 5 aliphatic heterocycles. The third kappa shape index (κ3) is 7.87. The minimum absolute atomic E-state index is 0.